The van der Waals surface area contributed by atoms with Gasteiger partial charge in [0.05, 0.1) is 10.2 Å². The summed E-state index contributed by atoms with van der Waals surface area (Å²) in [6.45, 7) is 0.930. The van der Waals surface area contributed by atoms with Crippen LogP contribution in [0.15, 0.2) is 34.8 Å². The largest absolute Gasteiger partial charge is 0.372 e. The third kappa shape index (κ3) is 3.55. The Balaban J connectivity index is 2.42. The summed E-state index contributed by atoms with van der Waals surface area (Å²) >= 11 is 3.59. The molecule has 0 saturated carbocycles. The van der Waals surface area contributed by atoms with Gasteiger partial charge in [-0.2, -0.15) is 0 Å². The molecule has 2 aromatic rings. The van der Waals surface area contributed by atoms with Crippen molar-refractivity contribution in [3.63, 3.8) is 0 Å². The molecule has 0 aliphatic heterocycles. The van der Waals surface area contributed by atoms with Crippen LogP contribution in [0.1, 0.15) is 5.82 Å². The molecule has 0 bridgehead atoms. The highest BCUT2D eigenvalue weighted by Crippen LogP contribution is 2.31. The zero-order valence-corrected chi connectivity index (χ0v) is 13.6. The van der Waals surface area contributed by atoms with Crippen molar-refractivity contribution < 1.29 is 0 Å². The van der Waals surface area contributed by atoms with Crippen LogP contribution in [0.3, 0.4) is 0 Å². The molecule has 0 unspecified atom stereocenters. The second kappa shape index (κ2) is 6.81. The topological polar surface area (TPSA) is 41.1 Å². The Hall–Kier alpha value is -1.46. The van der Waals surface area contributed by atoms with Gasteiger partial charge in [0.25, 0.3) is 0 Å². The van der Waals surface area contributed by atoms with E-state index in [1.165, 1.54) is 0 Å². The first-order chi connectivity index (χ1) is 9.61. The first kappa shape index (κ1) is 14.9. The van der Waals surface area contributed by atoms with Crippen molar-refractivity contribution in [3.8, 4) is 11.3 Å². The lowest BCUT2D eigenvalue weighted by molar-refractivity contribution is 0.409. The van der Waals surface area contributed by atoms with Crippen LogP contribution in [0.2, 0.25) is 0 Å². The van der Waals surface area contributed by atoms with Crippen LogP contribution in [-0.2, 0) is 6.42 Å². The van der Waals surface area contributed by atoms with E-state index in [9.17, 15) is 0 Å². The van der Waals surface area contributed by atoms with Gasteiger partial charge in [-0.25, -0.2) is 9.97 Å². The van der Waals surface area contributed by atoms with Gasteiger partial charge < -0.3 is 10.2 Å². The Kier molecular flexibility index (Phi) is 5.09. The molecule has 1 heterocycles. The Labute approximate surface area is 128 Å². The van der Waals surface area contributed by atoms with Crippen LogP contribution in [0, 0.1) is 0 Å². The summed E-state index contributed by atoms with van der Waals surface area (Å²) in [4.78, 5) is 11.4. The number of halogens is 1. The number of hydrogen-bond acceptors (Lipinski definition) is 4. The molecule has 0 spiro atoms. The van der Waals surface area contributed by atoms with Crippen LogP contribution in [0.4, 0.5) is 5.82 Å². The van der Waals surface area contributed by atoms with E-state index in [0.29, 0.717) is 0 Å². The van der Waals surface area contributed by atoms with Crippen molar-refractivity contribution in [2.24, 2.45) is 0 Å². The molecular weight excluding hydrogens is 316 g/mol. The van der Waals surface area contributed by atoms with Gasteiger partial charge in [-0.1, -0.05) is 30.3 Å². The predicted octanol–water partition coefficient (Wildman–Crippen LogP) is 3.05. The normalized spacial score (nSPS) is 10.8. The average molecular weight is 335 g/mol. The van der Waals surface area contributed by atoms with E-state index in [1.54, 1.807) is 0 Å². The molecule has 0 atom stereocenters. The maximum atomic E-state index is 4.70. The molecule has 2 rings (SSSR count). The van der Waals surface area contributed by atoms with E-state index in [1.807, 2.05) is 25.2 Å². The number of anilines is 1. The molecule has 4 nitrogen and oxygen atoms in total. The Bertz CT molecular complexity index is 570. The molecule has 20 heavy (non-hydrogen) atoms. The predicted molar refractivity (Wildman–Crippen MR) is 87.0 cm³/mol. The molecule has 0 saturated heterocycles. The van der Waals surface area contributed by atoms with E-state index in [2.05, 4.69) is 57.4 Å². The number of likely N-dealkylation sites (N-methyl/N-ethyl adjacent to an activating group) is 1. The molecule has 1 N–H and O–H groups in total. The lowest BCUT2D eigenvalue weighted by Crippen LogP contribution is -2.17. The highest BCUT2D eigenvalue weighted by atomic mass is 79.9. The standard InChI is InChI=1S/C15H19BrN4/c1-17-15-13(16)14(11-7-5-4-6-8-11)18-12(19-15)9-10-20(2)3/h4-8H,9-10H2,1-3H3,(H,17,18,19). The van der Waals surface area contributed by atoms with Gasteiger partial charge in [0.2, 0.25) is 0 Å². The van der Waals surface area contributed by atoms with E-state index >= 15 is 0 Å². The minimum absolute atomic E-state index is 0.826. The van der Waals surface area contributed by atoms with Crippen molar-refractivity contribution >= 4 is 21.7 Å². The fraction of sp³-hybridized carbons (Fsp3) is 0.333. The van der Waals surface area contributed by atoms with Crippen LogP contribution < -0.4 is 5.32 Å². The van der Waals surface area contributed by atoms with Crippen molar-refractivity contribution in [2.45, 2.75) is 6.42 Å². The van der Waals surface area contributed by atoms with Crippen LogP contribution >= 0.6 is 15.9 Å². The smallest absolute Gasteiger partial charge is 0.144 e. The SMILES string of the molecule is CNc1nc(CCN(C)C)nc(-c2ccccc2)c1Br. The van der Waals surface area contributed by atoms with Crippen LogP contribution in [0.25, 0.3) is 11.3 Å². The molecule has 106 valence electrons. The molecule has 0 fully saturated rings. The molecule has 0 aliphatic rings. The van der Waals surface area contributed by atoms with E-state index in [-0.39, 0.29) is 0 Å². The summed E-state index contributed by atoms with van der Waals surface area (Å²) in [6, 6.07) is 10.2. The van der Waals surface area contributed by atoms with Gasteiger partial charge in [0.1, 0.15) is 11.6 Å². The zero-order valence-electron chi connectivity index (χ0n) is 12.0. The van der Waals surface area contributed by atoms with Gasteiger partial charge in [0, 0.05) is 25.6 Å². The quantitative estimate of drug-likeness (QED) is 0.912. The summed E-state index contributed by atoms with van der Waals surface area (Å²) in [7, 11) is 5.98. The Morgan fingerprint density at radius 2 is 1.85 bits per heavy atom. The van der Waals surface area contributed by atoms with Crippen LogP contribution in [0.5, 0.6) is 0 Å². The summed E-state index contributed by atoms with van der Waals surface area (Å²) < 4.78 is 0.903. The van der Waals surface area contributed by atoms with Gasteiger partial charge in [0.15, 0.2) is 0 Å². The molecule has 1 aromatic carbocycles. The number of aromatic nitrogens is 2. The lowest BCUT2D eigenvalue weighted by Gasteiger charge is -2.13. The highest BCUT2D eigenvalue weighted by Gasteiger charge is 2.13. The van der Waals surface area contributed by atoms with Crippen molar-refractivity contribution in [1.82, 2.24) is 14.9 Å². The second-order valence-corrected chi connectivity index (χ2v) is 5.61. The van der Waals surface area contributed by atoms with Gasteiger partial charge >= 0.3 is 0 Å². The molecule has 0 aliphatic carbocycles. The molecule has 1 aromatic heterocycles. The zero-order chi connectivity index (χ0) is 14.5. The Morgan fingerprint density at radius 1 is 1.15 bits per heavy atom. The number of hydrogen-bond donors (Lipinski definition) is 1. The van der Waals surface area contributed by atoms with Gasteiger partial charge in [-0.05, 0) is 30.0 Å². The van der Waals surface area contributed by atoms with Crippen molar-refractivity contribution in [1.29, 1.82) is 0 Å². The number of rotatable bonds is 5. The first-order valence-electron chi connectivity index (χ1n) is 6.56. The highest BCUT2D eigenvalue weighted by molar-refractivity contribution is 9.10. The summed E-state index contributed by atoms with van der Waals surface area (Å²) in [5, 5.41) is 3.12. The maximum absolute atomic E-state index is 4.70. The fourth-order valence-electron chi connectivity index (χ4n) is 1.88. The number of benzene rings is 1. The van der Waals surface area contributed by atoms with Crippen molar-refractivity contribution in [2.75, 3.05) is 33.0 Å². The summed E-state index contributed by atoms with van der Waals surface area (Å²) in [6.07, 6.45) is 0.828. The summed E-state index contributed by atoms with van der Waals surface area (Å²) in [5.74, 6) is 1.68. The third-order valence-electron chi connectivity index (χ3n) is 2.96. The first-order valence-corrected chi connectivity index (χ1v) is 7.35. The molecule has 5 heteroatoms. The Morgan fingerprint density at radius 3 is 2.45 bits per heavy atom. The van der Waals surface area contributed by atoms with E-state index in [4.69, 9.17) is 4.98 Å². The van der Waals surface area contributed by atoms with E-state index in [0.717, 1.165) is 40.3 Å². The fourth-order valence-corrected chi connectivity index (χ4v) is 2.49. The third-order valence-corrected chi connectivity index (χ3v) is 3.72. The second-order valence-electron chi connectivity index (χ2n) is 4.82. The monoisotopic (exact) mass is 334 g/mol. The van der Waals surface area contributed by atoms with E-state index < -0.39 is 0 Å². The minimum Gasteiger partial charge on any atom is -0.372 e. The van der Waals surface area contributed by atoms with Crippen LogP contribution in [-0.4, -0.2) is 42.6 Å². The lowest BCUT2D eigenvalue weighted by atomic mass is 10.1. The number of nitrogens with one attached hydrogen (secondary N) is 1. The van der Waals surface area contributed by atoms with Gasteiger partial charge in [-0.15, -0.1) is 0 Å². The van der Waals surface area contributed by atoms with Gasteiger partial charge in [-0.3, -0.25) is 0 Å². The number of nitrogens with zero attached hydrogens (tertiary/aromatic N) is 3. The molecule has 0 amide bonds. The maximum Gasteiger partial charge on any atom is 0.144 e. The minimum atomic E-state index is 0.826. The molecule has 0 radical (unpaired) electrons. The van der Waals surface area contributed by atoms with Crippen molar-refractivity contribution in [3.05, 3.63) is 40.6 Å². The summed E-state index contributed by atoms with van der Waals surface area (Å²) in [5.41, 5.74) is 2.02. The average Bonchev–Trinajstić information content (AvgIpc) is 2.47. The molecular formula is C15H19BrN4.